The molecule has 1 atom stereocenters. The van der Waals surface area contributed by atoms with Gasteiger partial charge in [0.1, 0.15) is 11.7 Å². The minimum Gasteiger partial charge on any atom is -0.480 e. The molecule has 0 fully saturated rings. The minimum atomic E-state index is -1.25. The molecular formula is C17H15N3O7. The van der Waals surface area contributed by atoms with Gasteiger partial charge in [-0.25, -0.2) is 0 Å². The zero-order valence-electron chi connectivity index (χ0n) is 14.0. The van der Waals surface area contributed by atoms with Crippen molar-refractivity contribution >= 4 is 29.5 Å². The summed E-state index contributed by atoms with van der Waals surface area (Å²) >= 11 is 0. The zero-order valence-corrected chi connectivity index (χ0v) is 14.0. The Morgan fingerprint density at radius 3 is 2.41 bits per heavy atom. The Morgan fingerprint density at radius 1 is 1.22 bits per heavy atom. The molecule has 0 unspecified atom stereocenters. The van der Waals surface area contributed by atoms with Crippen LogP contribution >= 0.6 is 0 Å². The van der Waals surface area contributed by atoms with Gasteiger partial charge in [0.15, 0.2) is 5.76 Å². The molecule has 140 valence electrons. The van der Waals surface area contributed by atoms with Crippen molar-refractivity contribution in [1.29, 1.82) is 0 Å². The molecule has 3 N–H and O–H groups in total. The summed E-state index contributed by atoms with van der Waals surface area (Å²) < 4.78 is 4.95. The Bertz CT molecular complexity index is 886. The van der Waals surface area contributed by atoms with E-state index in [1.165, 1.54) is 55.7 Å². The van der Waals surface area contributed by atoms with Crippen molar-refractivity contribution in [3.05, 3.63) is 69.8 Å². The lowest BCUT2D eigenvalue weighted by Gasteiger charge is -2.13. The number of furan rings is 1. The molecule has 2 aromatic rings. The summed E-state index contributed by atoms with van der Waals surface area (Å²) in [6.45, 7) is 1.26. The lowest BCUT2D eigenvalue weighted by atomic mass is 10.1. The molecule has 0 bridgehead atoms. The van der Waals surface area contributed by atoms with E-state index in [0.717, 1.165) is 0 Å². The molecule has 1 aromatic heterocycles. The number of carboxylic acid groups (broad SMARTS) is 1. The van der Waals surface area contributed by atoms with Gasteiger partial charge in [0.25, 0.3) is 17.5 Å². The minimum absolute atomic E-state index is 0.0521. The fraction of sp³-hybridized carbons (Fsp3) is 0.118. The van der Waals surface area contributed by atoms with Gasteiger partial charge in [-0.15, -0.1) is 0 Å². The van der Waals surface area contributed by atoms with E-state index in [1.54, 1.807) is 0 Å². The number of rotatable bonds is 7. The molecule has 0 spiro atoms. The van der Waals surface area contributed by atoms with Crippen LogP contribution in [0.15, 0.2) is 52.8 Å². The van der Waals surface area contributed by atoms with Crippen LogP contribution in [0, 0.1) is 10.1 Å². The Labute approximate surface area is 152 Å². The van der Waals surface area contributed by atoms with Gasteiger partial charge in [0, 0.05) is 12.1 Å². The first-order valence-electron chi connectivity index (χ1n) is 7.62. The predicted octanol–water partition coefficient (Wildman–Crippen LogP) is 1.55. The van der Waals surface area contributed by atoms with E-state index in [-0.39, 0.29) is 17.1 Å². The van der Waals surface area contributed by atoms with Gasteiger partial charge in [-0.1, -0.05) is 0 Å². The number of carbonyl (C=O) groups is 3. The van der Waals surface area contributed by atoms with Gasteiger partial charge >= 0.3 is 5.97 Å². The van der Waals surface area contributed by atoms with E-state index < -0.39 is 28.7 Å². The van der Waals surface area contributed by atoms with E-state index in [4.69, 9.17) is 9.52 Å². The zero-order chi connectivity index (χ0) is 20.0. The van der Waals surface area contributed by atoms with Crippen LogP contribution in [0.4, 0.5) is 5.69 Å². The predicted molar refractivity (Wildman–Crippen MR) is 92.5 cm³/mol. The number of nitrogens with one attached hydrogen (secondary N) is 2. The molecule has 2 rings (SSSR count). The van der Waals surface area contributed by atoms with Crippen molar-refractivity contribution in [3.63, 3.8) is 0 Å². The molecule has 0 radical (unpaired) electrons. The summed E-state index contributed by atoms with van der Waals surface area (Å²) in [4.78, 5) is 45.5. The van der Waals surface area contributed by atoms with Crippen LogP contribution in [0.2, 0.25) is 0 Å². The van der Waals surface area contributed by atoms with Gasteiger partial charge in [0.05, 0.1) is 11.2 Å². The summed E-state index contributed by atoms with van der Waals surface area (Å²) in [5.41, 5.74) is -0.0101. The number of nitro groups is 1. The summed E-state index contributed by atoms with van der Waals surface area (Å²) in [6.07, 6.45) is 2.54. The van der Waals surface area contributed by atoms with Crippen molar-refractivity contribution in [1.82, 2.24) is 10.6 Å². The molecule has 10 nitrogen and oxygen atoms in total. The van der Waals surface area contributed by atoms with Gasteiger partial charge in [-0.05, 0) is 42.8 Å². The number of non-ortho nitro benzene ring substituents is 1. The largest absolute Gasteiger partial charge is 0.480 e. The van der Waals surface area contributed by atoms with E-state index in [0.29, 0.717) is 5.56 Å². The summed E-state index contributed by atoms with van der Waals surface area (Å²) in [7, 11) is 0. The second-order valence-electron chi connectivity index (χ2n) is 5.37. The number of carboxylic acids is 1. The second kappa shape index (κ2) is 8.43. The third kappa shape index (κ3) is 5.26. The highest BCUT2D eigenvalue weighted by atomic mass is 16.6. The van der Waals surface area contributed by atoms with Crippen molar-refractivity contribution in [3.8, 4) is 0 Å². The van der Waals surface area contributed by atoms with Crippen LogP contribution in [0.5, 0.6) is 0 Å². The molecule has 0 aliphatic rings. The Kier molecular flexibility index (Phi) is 6.05. The molecule has 1 aromatic carbocycles. The molecule has 2 amide bonds. The lowest BCUT2D eigenvalue weighted by molar-refractivity contribution is -0.384. The number of nitro benzene ring substituents is 1. The smallest absolute Gasteiger partial charge is 0.325 e. The molecule has 1 heterocycles. The Balaban J connectivity index is 2.29. The van der Waals surface area contributed by atoms with Crippen molar-refractivity contribution in [2.24, 2.45) is 0 Å². The lowest BCUT2D eigenvalue weighted by Crippen LogP contribution is -2.42. The molecule has 0 saturated carbocycles. The fourth-order valence-corrected chi connectivity index (χ4v) is 1.95. The van der Waals surface area contributed by atoms with Gasteiger partial charge in [0.2, 0.25) is 0 Å². The monoisotopic (exact) mass is 373 g/mol. The number of hydrogen-bond donors (Lipinski definition) is 3. The van der Waals surface area contributed by atoms with E-state index >= 15 is 0 Å². The van der Waals surface area contributed by atoms with Crippen LogP contribution < -0.4 is 10.6 Å². The van der Waals surface area contributed by atoms with E-state index in [9.17, 15) is 24.5 Å². The molecule has 0 aliphatic heterocycles. The van der Waals surface area contributed by atoms with Crippen molar-refractivity contribution in [2.45, 2.75) is 13.0 Å². The standard InChI is InChI=1S/C17H15N3O7/c1-10(17(23)24)18-15(21)13(19-16(22)14-3-2-8-27-14)9-11-4-6-12(7-5-11)20(25)26/h2-10H,1H3,(H,18,21)(H,19,22)(H,23,24)/b13-9+/t10-/m0/s1. The number of carbonyl (C=O) groups excluding carboxylic acids is 2. The summed E-state index contributed by atoms with van der Waals surface area (Å²) in [6, 6.07) is 6.90. The molecule has 0 saturated heterocycles. The molecule has 0 aliphatic carbocycles. The van der Waals surface area contributed by atoms with Crippen LogP contribution in [-0.4, -0.2) is 33.9 Å². The molecule has 27 heavy (non-hydrogen) atoms. The molecule has 10 heteroatoms. The summed E-state index contributed by atoms with van der Waals surface area (Å²) in [5, 5.41) is 24.2. The van der Waals surface area contributed by atoms with Crippen LogP contribution in [-0.2, 0) is 9.59 Å². The maximum atomic E-state index is 12.3. The quantitative estimate of drug-likeness (QED) is 0.378. The Morgan fingerprint density at radius 2 is 1.89 bits per heavy atom. The van der Waals surface area contributed by atoms with Crippen molar-refractivity contribution < 1.29 is 28.8 Å². The average molecular weight is 373 g/mol. The number of aliphatic carboxylic acids is 1. The highest BCUT2D eigenvalue weighted by Crippen LogP contribution is 2.14. The van der Waals surface area contributed by atoms with Gasteiger partial charge in [-0.2, -0.15) is 0 Å². The van der Waals surface area contributed by atoms with Gasteiger partial charge < -0.3 is 20.2 Å². The number of nitrogens with zero attached hydrogens (tertiary/aromatic N) is 1. The van der Waals surface area contributed by atoms with Crippen LogP contribution in [0.3, 0.4) is 0 Å². The van der Waals surface area contributed by atoms with E-state index in [2.05, 4.69) is 10.6 Å². The number of amides is 2. The third-order valence-electron chi connectivity index (χ3n) is 3.37. The van der Waals surface area contributed by atoms with Gasteiger partial charge in [-0.3, -0.25) is 24.5 Å². The highest BCUT2D eigenvalue weighted by molar-refractivity contribution is 6.05. The third-order valence-corrected chi connectivity index (χ3v) is 3.37. The van der Waals surface area contributed by atoms with Crippen LogP contribution in [0.25, 0.3) is 6.08 Å². The normalized spacial score (nSPS) is 12.1. The van der Waals surface area contributed by atoms with E-state index in [1.807, 2.05) is 0 Å². The van der Waals surface area contributed by atoms with Crippen molar-refractivity contribution in [2.75, 3.05) is 0 Å². The highest BCUT2D eigenvalue weighted by Gasteiger charge is 2.20. The van der Waals surface area contributed by atoms with Crippen LogP contribution in [0.1, 0.15) is 23.0 Å². The average Bonchev–Trinajstić information content (AvgIpc) is 3.16. The first kappa shape index (κ1) is 19.4. The first-order valence-corrected chi connectivity index (χ1v) is 7.62. The fourth-order valence-electron chi connectivity index (χ4n) is 1.95. The number of hydrogen-bond acceptors (Lipinski definition) is 6. The maximum absolute atomic E-state index is 12.3. The number of benzene rings is 1. The Hall–Kier alpha value is -3.95. The first-order chi connectivity index (χ1) is 12.8. The maximum Gasteiger partial charge on any atom is 0.325 e. The second-order valence-corrected chi connectivity index (χ2v) is 5.37. The topological polar surface area (TPSA) is 152 Å². The summed E-state index contributed by atoms with van der Waals surface area (Å²) in [5.74, 6) is -2.87. The SMILES string of the molecule is C[C@H](NC(=O)/C(=C\c1ccc([N+](=O)[O-])cc1)NC(=O)c1ccco1)C(=O)O. The molecular weight excluding hydrogens is 358 g/mol.